The first kappa shape index (κ1) is 13.8. The zero-order valence-electron chi connectivity index (χ0n) is 12.0. The zero-order chi connectivity index (χ0) is 14.0. The van der Waals surface area contributed by atoms with Crippen molar-refractivity contribution < 1.29 is 4.79 Å². The van der Waals surface area contributed by atoms with Gasteiger partial charge in [-0.2, -0.15) is 0 Å². The van der Waals surface area contributed by atoms with Crippen LogP contribution in [0.2, 0.25) is 0 Å². The number of hydrogen-bond donors (Lipinski definition) is 1. The van der Waals surface area contributed by atoms with Crippen LogP contribution in [-0.2, 0) is 0 Å². The smallest absolute Gasteiger partial charge is 0.257 e. The maximum atomic E-state index is 12.5. The minimum atomic E-state index is -0.0101. The van der Waals surface area contributed by atoms with Gasteiger partial charge in [0, 0.05) is 30.7 Å². The molecule has 1 amide bonds. The highest BCUT2D eigenvalue weighted by Crippen LogP contribution is 2.28. The molecule has 0 radical (unpaired) electrons. The molecule has 1 saturated carbocycles. The molecule has 1 aliphatic rings. The molecule has 0 aliphatic heterocycles. The highest BCUT2D eigenvalue weighted by molar-refractivity contribution is 5.98. The second kappa shape index (κ2) is 5.59. The molecule has 2 rings (SSSR count). The number of hydrogen-bond acceptors (Lipinski definition) is 3. The predicted molar refractivity (Wildman–Crippen MR) is 76.9 cm³/mol. The minimum Gasteiger partial charge on any atom is -0.398 e. The van der Waals surface area contributed by atoms with Crippen LogP contribution in [0, 0.1) is 12.8 Å². The van der Waals surface area contributed by atoms with Gasteiger partial charge >= 0.3 is 0 Å². The van der Waals surface area contributed by atoms with Gasteiger partial charge in [0.05, 0.1) is 5.56 Å². The zero-order valence-corrected chi connectivity index (χ0v) is 12.0. The fourth-order valence-electron chi connectivity index (χ4n) is 2.87. The third kappa shape index (κ3) is 3.06. The molecule has 0 bridgehead atoms. The number of nitrogens with two attached hydrogens (primary N) is 1. The fourth-order valence-corrected chi connectivity index (χ4v) is 2.87. The number of carbonyl (C=O) groups is 1. The van der Waals surface area contributed by atoms with Crippen LogP contribution < -0.4 is 5.73 Å². The largest absolute Gasteiger partial charge is 0.398 e. The molecule has 0 saturated heterocycles. The summed E-state index contributed by atoms with van der Waals surface area (Å²) in [6, 6.07) is 2.09. The van der Waals surface area contributed by atoms with E-state index in [1.54, 1.807) is 12.3 Å². The molecule has 1 heterocycles. The van der Waals surface area contributed by atoms with Crippen molar-refractivity contribution >= 4 is 11.6 Å². The van der Waals surface area contributed by atoms with Crippen LogP contribution in [-0.4, -0.2) is 28.9 Å². The summed E-state index contributed by atoms with van der Waals surface area (Å²) >= 11 is 0. The third-order valence-corrected chi connectivity index (χ3v) is 4.08. The van der Waals surface area contributed by atoms with Gasteiger partial charge in [0.1, 0.15) is 0 Å². The van der Waals surface area contributed by atoms with Gasteiger partial charge in [-0.25, -0.2) is 0 Å². The first-order chi connectivity index (χ1) is 8.99. The minimum absolute atomic E-state index is 0.0101. The second-order valence-corrected chi connectivity index (χ2v) is 5.75. The molecule has 1 aromatic heterocycles. The summed E-state index contributed by atoms with van der Waals surface area (Å²) in [7, 11) is 1.88. The molecule has 0 aromatic carbocycles. The van der Waals surface area contributed by atoms with E-state index in [1.807, 2.05) is 18.9 Å². The SMILES string of the molecule is Cc1cc(N)c(C(=O)N(C)C2CCCC(C)C2)cn1. The molecule has 1 fully saturated rings. The first-order valence-electron chi connectivity index (χ1n) is 6.98. The molecule has 1 aromatic rings. The van der Waals surface area contributed by atoms with E-state index < -0.39 is 0 Å². The summed E-state index contributed by atoms with van der Waals surface area (Å²) in [5.74, 6) is 0.687. The maximum absolute atomic E-state index is 12.5. The number of aryl methyl sites for hydroxylation is 1. The van der Waals surface area contributed by atoms with Crippen LogP contribution in [0.1, 0.15) is 48.7 Å². The Morgan fingerprint density at radius 2 is 2.21 bits per heavy atom. The number of rotatable bonds is 2. The maximum Gasteiger partial charge on any atom is 0.257 e. The highest BCUT2D eigenvalue weighted by Gasteiger charge is 2.26. The van der Waals surface area contributed by atoms with Crippen molar-refractivity contribution in [3.05, 3.63) is 23.5 Å². The Balaban J connectivity index is 2.14. The van der Waals surface area contributed by atoms with Gasteiger partial charge in [0.15, 0.2) is 0 Å². The highest BCUT2D eigenvalue weighted by atomic mass is 16.2. The van der Waals surface area contributed by atoms with Gasteiger partial charge in [-0.15, -0.1) is 0 Å². The van der Waals surface area contributed by atoms with E-state index in [-0.39, 0.29) is 5.91 Å². The molecule has 104 valence electrons. The summed E-state index contributed by atoms with van der Waals surface area (Å²) in [6.45, 7) is 4.13. The van der Waals surface area contributed by atoms with E-state index in [2.05, 4.69) is 11.9 Å². The van der Waals surface area contributed by atoms with Crippen LogP contribution in [0.15, 0.2) is 12.3 Å². The van der Waals surface area contributed by atoms with Crippen LogP contribution in [0.5, 0.6) is 0 Å². The van der Waals surface area contributed by atoms with E-state index in [9.17, 15) is 4.79 Å². The Labute approximate surface area is 115 Å². The monoisotopic (exact) mass is 261 g/mol. The van der Waals surface area contributed by atoms with E-state index in [0.29, 0.717) is 23.2 Å². The van der Waals surface area contributed by atoms with Crippen molar-refractivity contribution in [2.45, 2.75) is 45.6 Å². The van der Waals surface area contributed by atoms with Gasteiger partial charge < -0.3 is 10.6 Å². The van der Waals surface area contributed by atoms with Crippen molar-refractivity contribution in [1.29, 1.82) is 0 Å². The number of nitrogen functional groups attached to an aromatic ring is 1. The lowest BCUT2D eigenvalue weighted by molar-refractivity contribution is 0.0673. The Kier molecular flexibility index (Phi) is 4.08. The predicted octanol–water partition coefficient (Wildman–Crippen LogP) is 2.62. The van der Waals surface area contributed by atoms with E-state index >= 15 is 0 Å². The average molecular weight is 261 g/mol. The number of anilines is 1. The molecule has 2 atom stereocenters. The van der Waals surface area contributed by atoms with Crippen molar-refractivity contribution in [1.82, 2.24) is 9.88 Å². The van der Waals surface area contributed by atoms with Crippen molar-refractivity contribution in [3.63, 3.8) is 0 Å². The lowest BCUT2D eigenvalue weighted by Gasteiger charge is -2.34. The molecule has 19 heavy (non-hydrogen) atoms. The summed E-state index contributed by atoms with van der Waals surface area (Å²) in [4.78, 5) is 18.5. The molecule has 4 heteroatoms. The molecular weight excluding hydrogens is 238 g/mol. The third-order valence-electron chi connectivity index (χ3n) is 4.08. The van der Waals surface area contributed by atoms with E-state index in [1.165, 1.54) is 12.8 Å². The standard InChI is InChI=1S/C15H23N3O/c1-10-5-4-6-12(7-10)18(3)15(19)13-9-17-11(2)8-14(13)16/h8-10,12H,4-7H2,1-3H3,(H2,16,17). The Bertz CT molecular complexity index is 472. The average Bonchev–Trinajstić information content (AvgIpc) is 2.37. The van der Waals surface area contributed by atoms with Gasteiger partial charge in [0.25, 0.3) is 5.91 Å². The fraction of sp³-hybridized carbons (Fsp3) is 0.600. The van der Waals surface area contributed by atoms with Crippen molar-refractivity contribution in [2.75, 3.05) is 12.8 Å². The molecule has 2 N–H and O–H groups in total. The second-order valence-electron chi connectivity index (χ2n) is 5.75. The van der Waals surface area contributed by atoms with Crippen LogP contribution >= 0.6 is 0 Å². The van der Waals surface area contributed by atoms with Gasteiger partial charge in [-0.05, 0) is 31.7 Å². The number of amides is 1. The van der Waals surface area contributed by atoms with E-state index in [0.717, 1.165) is 18.5 Å². The number of carbonyl (C=O) groups excluding carboxylic acids is 1. The first-order valence-corrected chi connectivity index (χ1v) is 6.98. The quantitative estimate of drug-likeness (QED) is 0.890. The van der Waals surface area contributed by atoms with Crippen LogP contribution in [0.4, 0.5) is 5.69 Å². The molecule has 0 spiro atoms. The topological polar surface area (TPSA) is 59.2 Å². The Hall–Kier alpha value is -1.58. The summed E-state index contributed by atoms with van der Waals surface area (Å²) in [5, 5.41) is 0. The van der Waals surface area contributed by atoms with Crippen LogP contribution in [0.3, 0.4) is 0 Å². The number of aromatic nitrogens is 1. The molecular formula is C15H23N3O. The van der Waals surface area contributed by atoms with Gasteiger partial charge in [-0.1, -0.05) is 19.8 Å². The van der Waals surface area contributed by atoms with Crippen molar-refractivity contribution in [3.8, 4) is 0 Å². The van der Waals surface area contributed by atoms with Gasteiger partial charge in [-0.3, -0.25) is 9.78 Å². The van der Waals surface area contributed by atoms with E-state index in [4.69, 9.17) is 5.73 Å². The summed E-state index contributed by atoms with van der Waals surface area (Å²) in [5.41, 5.74) is 7.81. The van der Waals surface area contributed by atoms with Crippen molar-refractivity contribution in [2.24, 2.45) is 5.92 Å². The lowest BCUT2D eigenvalue weighted by atomic mass is 9.86. The Morgan fingerprint density at radius 3 is 2.84 bits per heavy atom. The lowest BCUT2D eigenvalue weighted by Crippen LogP contribution is -2.40. The number of nitrogens with zero attached hydrogens (tertiary/aromatic N) is 2. The Morgan fingerprint density at radius 1 is 1.47 bits per heavy atom. The molecule has 4 nitrogen and oxygen atoms in total. The normalized spacial score (nSPS) is 23.1. The molecule has 1 aliphatic carbocycles. The number of pyridine rings is 1. The van der Waals surface area contributed by atoms with Gasteiger partial charge in [0.2, 0.25) is 0 Å². The van der Waals surface area contributed by atoms with Crippen LogP contribution in [0.25, 0.3) is 0 Å². The summed E-state index contributed by atoms with van der Waals surface area (Å²) < 4.78 is 0. The molecule has 2 unspecified atom stereocenters. The summed E-state index contributed by atoms with van der Waals surface area (Å²) in [6.07, 6.45) is 6.24.